The second-order valence-electron chi connectivity index (χ2n) is 3.98. The standard InChI is InChI=1S/C9H11FN2O8/c10-19-20-17-3-4-6(14)7(15)8(18-4)12-2-1-5(13)11-9(12)16/h1-2,4,6-8,14-15H,3H2,(H,11,13,16)/t4-,6-,7-,8-/m1/s1. The first-order valence-corrected chi connectivity index (χ1v) is 5.44. The van der Waals surface area contributed by atoms with Crippen LogP contribution in [0.1, 0.15) is 6.23 Å². The van der Waals surface area contributed by atoms with Gasteiger partial charge in [-0.3, -0.25) is 14.3 Å². The van der Waals surface area contributed by atoms with Gasteiger partial charge in [-0.25, -0.2) is 9.68 Å². The van der Waals surface area contributed by atoms with Crippen molar-refractivity contribution in [2.75, 3.05) is 6.61 Å². The molecular formula is C9H11FN2O8. The van der Waals surface area contributed by atoms with Gasteiger partial charge in [-0.15, -0.1) is 0 Å². The van der Waals surface area contributed by atoms with Gasteiger partial charge in [0.25, 0.3) is 5.56 Å². The Bertz CT molecular complexity index is 559. The van der Waals surface area contributed by atoms with Gasteiger partial charge < -0.3 is 14.9 Å². The molecule has 1 aromatic rings. The average molecular weight is 294 g/mol. The van der Waals surface area contributed by atoms with E-state index in [0.29, 0.717) is 0 Å². The van der Waals surface area contributed by atoms with Crippen LogP contribution in [-0.4, -0.2) is 44.7 Å². The fraction of sp³-hybridized carbons (Fsp3) is 0.556. The number of aliphatic hydroxyl groups is 2. The van der Waals surface area contributed by atoms with Gasteiger partial charge in [0.2, 0.25) is 0 Å². The Morgan fingerprint density at radius 2 is 2.15 bits per heavy atom. The van der Waals surface area contributed by atoms with E-state index in [1.165, 1.54) is 0 Å². The molecule has 2 heterocycles. The maximum absolute atomic E-state index is 11.6. The van der Waals surface area contributed by atoms with Crippen molar-refractivity contribution in [2.24, 2.45) is 0 Å². The van der Waals surface area contributed by atoms with Crippen molar-refractivity contribution in [1.29, 1.82) is 0 Å². The highest BCUT2D eigenvalue weighted by molar-refractivity contribution is 4.92. The van der Waals surface area contributed by atoms with Gasteiger partial charge in [-0.05, 0) is 9.56 Å². The number of H-pyrrole nitrogens is 1. The first kappa shape index (κ1) is 14.8. The lowest BCUT2D eigenvalue weighted by atomic mass is 10.1. The van der Waals surface area contributed by atoms with E-state index in [4.69, 9.17) is 4.74 Å². The maximum Gasteiger partial charge on any atom is 0.330 e. The molecule has 0 saturated carbocycles. The van der Waals surface area contributed by atoms with Crippen molar-refractivity contribution in [3.63, 3.8) is 0 Å². The van der Waals surface area contributed by atoms with Crippen molar-refractivity contribution in [1.82, 2.24) is 9.55 Å². The summed E-state index contributed by atoms with van der Waals surface area (Å²) in [5.74, 6) is 0. The largest absolute Gasteiger partial charge is 0.387 e. The molecule has 11 heteroatoms. The molecule has 0 aliphatic carbocycles. The van der Waals surface area contributed by atoms with Gasteiger partial charge in [0.15, 0.2) is 6.23 Å². The summed E-state index contributed by atoms with van der Waals surface area (Å²) in [7, 11) is 0. The molecule has 0 amide bonds. The quantitative estimate of drug-likeness (QED) is 0.320. The zero-order chi connectivity index (χ0) is 14.7. The Balaban J connectivity index is 2.13. The molecule has 1 saturated heterocycles. The SMILES string of the molecule is O=c1ccn([C@@H]2O[C@H](COOOF)[C@@H](O)[C@H]2O)c(=O)[nH]1. The van der Waals surface area contributed by atoms with Crippen LogP contribution < -0.4 is 11.2 Å². The average Bonchev–Trinajstić information content (AvgIpc) is 2.68. The molecule has 1 aliphatic heterocycles. The summed E-state index contributed by atoms with van der Waals surface area (Å²) in [6.45, 7) is -0.462. The number of aromatic nitrogens is 2. The maximum atomic E-state index is 11.6. The van der Waals surface area contributed by atoms with E-state index >= 15 is 0 Å². The number of hydrogen-bond donors (Lipinski definition) is 3. The third-order valence-corrected chi connectivity index (χ3v) is 2.77. The Morgan fingerprint density at radius 1 is 1.40 bits per heavy atom. The van der Waals surface area contributed by atoms with Crippen molar-refractivity contribution in [3.05, 3.63) is 33.1 Å². The van der Waals surface area contributed by atoms with E-state index in [2.05, 4.69) is 15.0 Å². The number of halogens is 1. The fourth-order valence-electron chi connectivity index (χ4n) is 1.84. The third kappa shape index (κ3) is 2.92. The Morgan fingerprint density at radius 3 is 2.80 bits per heavy atom. The molecule has 2 rings (SSSR count). The minimum atomic E-state index is -1.46. The van der Waals surface area contributed by atoms with E-state index < -0.39 is 42.4 Å². The van der Waals surface area contributed by atoms with E-state index in [1.807, 2.05) is 4.98 Å². The van der Waals surface area contributed by atoms with Crippen LogP contribution in [0.4, 0.5) is 4.53 Å². The summed E-state index contributed by atoms with van der Waals surface area (Å²) in [4.78, 5) is 28.6. The summed E-state index contributed by atoms with van der Waals surface area (Å²) in [5, 5.41) is 25.7. The molecule has 0 spiro atoms. The molecule has 20 heavy (non-hydrogen) atoms. The minimum absolute atomic E-state index is 0.462. The lowest BCUT2D eigenvalue weighted by Crippen LogP contribution is -2.37. The van der Waals surface area contributed by atoms with Crippen LogP contribution in [0.25, 0.3) is 0 Å². The molecular weight excluding hydrogens is 283 g/mol. The van der Waals surface area contributed by atoms with Crippen LogP contribution in [0.15, 0.2) is 21.9 Å². The highest BCUT2D eigenvalue weighted by Crippen LogP contribution is 2.28. The lowest BCUT2D eigenvalue weighted by molar-refractivity contribution is -0.589. The van der Waals surface area contributed by atoms with Crippen LogP contribution in [0.2, 0.25) is 0 Å². The topological polar surface area (TPSA) is 132 Å². The zero-order valence-electron chi connectivity index (χ0n) is 9.84. The van der Waals surface area contributed by atoms with Gasteiger partial charge in [0, 0.05) is 17.4 Å². The fourth-order valence-corrected chi connectivity index (χ4v) is 1.84. The van der Waals surface area contributed by atoms with E-state index in [1.54, 1.807) is 0 Å². The molecule has 3 N–H and O–H groups in total. The predicted octanol–water partition coefficient (Wildman–Crippen LogP) is -2.08. The van der Waals surface area contributed by atoms with E-state index in [9.17, 15) is 24.3 Å². The molecule has 1 fully saturated rings. The molecule has 4 atom stereocenters. The van der Waals surface area contributed by atoms with Gasteiger partial charge >= 0.3 is 5.69 Å². The van der Waals surface area contributed by atoms with Gasteiger partial charge in [0.1, 0.15) is 24.9 Å². The minimum Gasteiger partial charge on any atom is -0.387 e. The summed E-state index contributed by atoms with van der Waals surface area (Å²) < 4.78 is 17.3. The molecule has 112 valence electrons. The van der Waals surface area contributed by atoms with Crippen molar-refractivity contribution >= 4 is 0 Å². The lowest BCUT2D eigenvalue weighted by Gasteiger charge is -2.16. The number of hydrogen-bond acceptors (Lipinski definition) is 8. The summed E-state index contributed by atoms with van der Waals surface area (Å²) >= 11 is 0. The Kier molecular flexibility index (Phi) is 4.59. The van der Waals surface area contributed by atoms with Crippen molar-refractivity contribution in [3.8, 4) is 0 Å². The van der Waals surface area contributed by atoms with Crippen LogP contribution in [0.3, 0.4) is 0 Å². The van der Waals surface area contributed by atoms with Gasteiger partial charge in [0.05, 0.1) is 0 Å². The van der Waals surface area contributed by atoms with E-state index in [0.717, 1.165) is 16.8 Å². The molecule has 10 nitrogen and oxygen atoms in total. The van der Waals surface area contributed by atoms with Gasteiger partial charge in [-0.1, -0.05) is 0 Å². The number of aromatic amines is 1. The molecule has 0 unspecified atom stereocenters. The molecule has 1 aromatic heterocycles. The number of nitrogens with zero attached hydrogens (tertiary/aromatic N) is 1. The van der Waals surface area contributed by atoms with E-state index in [-0.39, 0.29) is 0 Å². The highest BCUT2D eigenvalue weighted by Gasteiger charge is 2.44. The molecule has 0 radical (unpaired) electrons. The van der Waals surface area contributed by atoms with Crippen LogP contribution in [-0.2, 0) is 19.8 Å². The number of rotatable bonds is 5. The number of nitrogens with one attached hydrogen (secondary N) is 1. The molecule has 1 aliphatic rings. The van der Waals surface area contributed by atoms with Crippen LogP contribution in [0, 0.1) is 0 Å². The molecule has 0 aromatic carbocycles. The van der Waals surface area contributed by atoms with Gasteiger partial charge in [-0.2, -0.15) is 0 Å². The Labute approximate surface area is 109 Å². The summed E-state index contributed by atoms with van der Waals surface area (Å²) in [6, 6.07) is 1.05. The predicted molar refractivity (Wildman–Crippen MR) is 56.5 cm³/mol. The monoisotopic (exact) mass is 294 g/mol. The van der Waals surface area contributed by atoms with Crippen LogP contribution >= 0.6 is 0 Å². The normalized spacial score (nSPS) is 29.8. The second-order valence-corrected chi connectivity index (χ2v) is 3.98. The summed E-state index contributed by atoms with van der Waals surface area (Å²) in [5.41, 5.74) is -1.44. The number of aliphatic hydroxyl groups excluding tert-OH is 2. The molecule has 0 bridgehead atoms. The third-order valence-electron chi connectivity index (χ3n) is 2.77. The highest BCUT2D eigenvalue weighted by atomic mass is 19.3. The first-order valence-electron chi connectivity index (χ1n) is 5.44. The van der Waals surface area contributed by atoms with Crippen molar-refractivity contribution < 1.29 is 34.5 Å². The second kappa shape index (κ2) is 6.21. The smallest absolute Gasteiger partial charge is 0.330 e. The number of ether oxygens (including phenoxy) is 1. The zero-order valence-corrected chi connectivity index (χ0v) is 9.84. The first-order chi connectivity index (χ1) is 9.54. The van der Waals surface area contributed by atoms with Crippen LogP contribution in [0.5, 0.6) is 0 Å². The Hall–Kier alpha value is -1.63. The summed E-state index contributed by atoms with van der Waals surface area (Å²) in [6.07, 6.45) is -4.11. The van der Waals surface area contributed by atoms with Crippen molar-refractivity contribution in [2.45, 2.75) is 24.5 Å².